The van der Waals surface area contributed by atoms with Gasteiger partial charge in [0.1, 0.15) is 12.4 Å². The highest BCUT2D eigenvalue weighted by molar-refractivity contribution is 5.99. The second kappa shape index (κ2) is 11.2. The fraction of sp³-hybridized carbons (Fsp3) is 0.680. The fourth-order valence-electron chi connectivity index (χ4n) is 4.25. The average Bonchev–Trinajstić information content (AvgIpc) is 3.57. The van der Waals surface area contributed by atoms with E-state index in [-0.39, 0.29) is 36.0 Å². The number of nitrogens with one attached hydrogen (secondary N) is 2. The number of amides is 3. The van der Waals surface area contributed by atoms with Crippen molar-refractivity contribution in [2.24, 2.45) is 11.8 Å². The Labute approximate surface area is 198 Å². The van der Waals surface area contributed by atoms with Crippen LogP contribution in [0.25, 0.3) is 0 Å². The van der Waals surface area contributed by atoms with Crippen LogP contribution in [-0.4, -0.2) is 80.3 Å². The first kappa shape index (κ1) is 25.3. The number of methoxy groups -OCH3 is 1. The van der Waals surface area contributed by atoms with E-state index in [1.54, 1.807) is 37.3 Å². The number of carbonyl (C=O) groups excluding carboxylic acids is 2. The van der Waals surface area contributed by atoms with Gasteiger partial charge < -0.3 is 25.0 Å². The molecular formula is C25H40N4O4. The largest absolute Gasteiger partial charge is 0.491 e. The van der Waals surface area contributed by atoms with Crippen LogP contribution in [0.2, 0.25) is 0 Å². The van der Waals surface area contributed by atoms with E-state index in [2.05, 4.69) is 29.4 Å². The molecule has 0 radical (unpaired) electrons. The van der Waals surface area contributed by atoms with Crippen molar-refractivity contribution in [2.75, 3.05) is 45.7 Å². The van der Waals surface area contributed by atoms with Gasteiger partial charge in [-0.2, -0.15) is 0 Å². The molecule has 1 aromatic rings. The van der Waals surface area contributed by atoms with Gasteiger partial charge in [-0.25, -0.2) is 4.79 Å². The molecule has 1 aromatic carbocycles. The molecule has 1 aliphatic carbocycles. The molecule has 8 nitrogen and oxygen atoms in total. The van der Waals surface area contributed by atoms with Crippen LogP contribution in [0.3, 0.4) is 0 Å². The molecule has 3 amide bonds. The van der Waals surface area contributed by atoms with Crippen LogP contribution in [-0.2, 0) is 4.74 Å². The average molecular weight is 461 g/mol. The maximum Gasteiger partial charge on any atom is 0.319 e. The molecule has 0 bridgehead atoms. The maximum atomic E-state index is 13.4. The summed E-state index contributed by atoms with van der Waals surface area (Å²) in [5, 5.41) is 5.61. The standard InChI is InChI=1S/C25H40N4O4/c1-16(2)26-25(31)27-20-9-10-22-21(11-20)24(30)28(5)14-23(32-6)17(3)12-29(13-19-7-8-19)18(4)15-33-22/h9-11,16-19,23H,7-8,12-15H2,1-6H3,(H2,26,27,31)/t17-,18-,23-/m1/s1. The van der Waals surface area contributed by atoms with Gasteiger partial charge in [-0.3, -0.25) is 9.69 Å². The van der Waals surface area contributed by atoms with Gasteiger partial charge in [0.25, 0.3) is 5.91 Å². The molecule has 1 fully saturated rings. The highest BCUT2D eigenvalue weighted by atomic mass is 16.5. The van der Waals surface area contributed by atoms with Crippen LogP contribution < -0.4 is 15.4 Å². The highest BCUT2D eigenvalue weighted by Crippen LogP contribution is 2.31. The predicted octanol–water partition coefficient (Wildman–Crippen LogP) is 3.43. The number of rotatable bonds is 5. The number of carbonyl (C=O) groups is 2. The monoisotopic (exact) mass is 460 g/mol. The summed E-state index contributed by atoms with van der Waals surface area (Å²) in [6.07, 6.45) is 2.52. The molecule has 1 aliphatic heterocycles. The van der Waals surface area contributed by atoms with E-state index < -0.39 is 0 Å². The van der Waals surface area contributed by atoms with Crippen LogP contribution in [0, 0.1) is 11.8 Å². The minimum absolute atomic E-state index is 0.0124. The van der Waals surface area contributed by atoms with Gasteiger partial charge in [0.2, 0.25) is 0 Å². The van der Waals surface area contributed by atoms with Gasteiger partial charge in [-0.15, -0.1) is 0 Å². The van der Waals surface area contributed by atoms with E-state index in [4.69, 9.17) is 9.47 Å². The van der Waals surface area contributed by atoms with Crippen molar-refractivity contribution < 1.29 is 19.1 Å². The van der Waals surface area contributed by atoms with Gasteiger partial charge in [0.05, 0.1) is 11.7 Å². The maximum absolute atomic E-state index is 13.4. The Morgan fingerprint density at radius 2 is 1.97 bits per heavy atom. The Bertz CT molecular complexity index is 827. The van der Waals surface area contributed by atoms with Gasteiger partial charge in [-0.05, 0) is 63.6 Å². The summed E-state index contributed by atoms with van der Waals surface area (Å²) in [5.74, 6) is 1.41. The summed E-state index contributed by atoms with van der Waals surface area (Å²) in [6, 6.07) is 5.14. The molecule has 1 saturated carbocycles. The van der Waals surface area contributed by atoms with Crippen molar-refractivity contribution >= 4 is 17.6 Å². The Morgan fingerprint density at radius 3 is 2.61 bits per heavy atom. The molecule has 3 atom stereocenters. The minimum atomic E-state index is -0.308. The molecule has 0 spiro atoms. The number of hydrogen-bond donors (Lipinski definition) is 2. The molecule has 0 saturated heterocycles. The summed E-state index contributed by atoms with van der Waals surface area (Å²) in [4.78, 5) is 29.7. The second-order valence-corrected chi connectivity index (χ2v) is 9.96. The second-order valence-electron chi connectivity index (χ2n) is 9.96. The van der Waals surface area contributed by atoms with Crippen LogP contribution >= 0.6 is 0 Å². The summed E-state index contributed by atoms with van der Waals surface area (Å²) in [6.45, 7) is 11.1. The molecule has 1 heterocycles. The van der Waals surface area contributed by atoms with E-state index in [9.17, 15) is 9.59 Å². The number of fused-ring (bicyclic) bond motifs is 1. The molecule has 33 heavy (non-hydrogen) atoms. The SMILES string of the molecule is CO[C@@H]1CN(C)C(=O)c2cc(NC(=O)NC(C)C)ccc2OC[C@@H](C)N(CC2CC2)C[C@H]1C. The van der Waals surface area contributed by atoms with Crippen molar-refractivity contribution in [3.8, 4) is 5.75 Å². The number of hydrogen-bond acceptors (Lipinski definition) is 5. The lowest BCUT2D eigenvalue weighted by Crippen LogP contribution is -2.47. The Balaban J connectivity index is 1.88. The van der Waals surface area contributed by atoms with Crippen molar-refractivity contribution in [1.82, 2.24) is 15.1 Å². The topological polar surface area (TPSA) is 83.1 Å². The number of urea groups is 1. The zero-order chi connectivity index (χ0) is 24.1. The molecule has 0 unspecified atom stereocenters. The third-order valence-electron chi connectivity index (χ3n) is 6.44. The summed E-state index contributed by atoms with van der Waals surface area (Å²) in [7, 11) is 3.50. The Kier molecular flexibility index (Phi) is 8.59. The van der Waals surface area contributed by atoms with Gasteiger partial charge >= 0.3 is 6.03 Å². The molecule has 184 valence electrons. The first-order valence-corrected chi connectivity index (χ1v) is 12.0. The third kappa shape index (κ3) is 7.08. The van der Waals surface area contributed by atoms with E-state index >= 15 is 0 Å². The molecule has 8 heteroatoms. The number of ether oxygens (including phenoxy) is 2. The first-order chi connectivity index (χ1) is 15.7. The number of benzene rings is 1. The lowest BCUT2D eigenvalue weighted by molar-refractivity contribution is 0.00994. The quantitative estimate of drug-likeness (QED) is 0.703. The Hall–Kier alpha value is -2.32. The van der Waals surface area contributed by atoms with Crippen LogP contribution in [0.4, 0.5) is 10.5 Å². The van der Waals surface area contributed by atoms with Gasteiger partial charge in [0.15, 0.2) is 0 Å². The first-order valence-electron chi connectivity index (χ1n) is 12.0. The predicted molar refractivity (Wildman–Crippen MR) is 130 cm³/mol. The lowest BCUT2D eigenvalue weighted by atomic mass is 10.0. The third-order valence-corrected chi connectivity index (χ3v) is 6.44. The summed E-state index contributed by atoms with van der Waals surface area (Å²) in [5.41, 5.74) is 0.980. The highest BCUT2D eigenvalue weighted by Gasteiger charge is 2.31. The van der Waals surface area contributed by atoms with E-state index in [0.717, 1.165) is 19.0 Å². The Morgan fingerprint density at radius 1 is 1.24 bits per heavy atom. The zero-order valence-electron chi connectivity index (χ0n) is 20.9. The zero-order valence-corrected chi connectivity index (χ0v) is 20.9. The van der Waals surface area contributed by atoms with Gasteiger partial charge in [-0.1, -0.05) is 6.92 Å². The van der Waals surface area contributed by atoms with Crippen molar-refractivity contribution in [2.45, 2.75) is 58.7 Å². The van der Waals surface area contributed by atoms with E-state index in [1.807, 2.05) is 13.8 Å². The number of nitrogens with zero attached hydrogens (tertiary/aromatic N) is 2. The minimum Gasteiger partial charge on any atom is -0.491 e. The van der Waals surface area contributed by atoms with Crippen molar-refractivity contribution in [3.05, 3.63) is 23.8 Å². The van der Waals surface area contributed by atoms with Crippen LogP contribution in [0.1, 0.15) is 50.9 Å². The smallest absolute Gasteiger partial charge is 0.319 e. The fourth-order valence-corrected chi connectivity index (χ4v) is 4.25. The van der Waals surface area contributed by atoms with E-state index in [0.29, 0.717) is 30.2 Å². The van der Waals surface area contributed by atoms with Crippen LogP contribution in [0.15, 0.2) is 18.2 Å². The van der Waals surface area contributed by atoms with Gasteiger partial charge in [0, 0.05) is 51.6 Å². The molecule has 2 aliphatic rings. The lowest BCUT2D eigenvalue weighted by Gasteiger charge is -2.36. The van der Waals surface area contributed by atoms with Crippen molar-refractivity contribution in [3.63, 3.8) is 0 Å². The summed E-state index contributed by atoms with van der Waals surface area (Å²) >= 11 is 0. The number of likely N-dealkylation sites (N-methyl/N-ethyl adjacent to an activating group) is 1. The summed E-state index contributed by atoms with van der Waals surface area (Å²) < 4.78 is 12.0. The normalized spacial score (nSPS) is 25.0. The molecule has 2 N–H and O–H groups in total. The molecule has 0 aromatic heterocycles. The molecular weight excluding hydrogens is 420 g/mol. The van der Waals surface area contributed by atoms with Crippen LogP contribution in [0.5, 0.6) is 5.75 Å². The number of anilines is 1. The van der Waals surface area contributed by atoms with Crippen molar-refractivity contribution in [1.29, 1.82) is 0 Å². The molecule has 3 rings (SSSR count). The van der Waals surface area contributed by atoms with E-state index in [1.165, 1.54) is 12.8 Å².